The smallest absolute Gasteiger partial charge is 0.272 e. The number of aromatic nitrogens is 2. The molecule has 5 nitrogen and oxygen atoms in total. The monoisotopic (exact) mass is 358 g/mol. The van der Waals surface area contributed by atoms with Crippen molar-refractivity contribution in [2.24, 2.45) is 5.92 Å². The molecule has 0 radical (unpaired) electrons. The fourth-order valence-electron chi connectivity index (χ4n) is 3.28. The number of nitrogens with zero attached hydrogens (tertiary/aromatic N) is 3. The van der Waals surface area contributed by atoms with E-state index in [-0.39, 0.29) is 5.91 Å². The number of likely N-dealkylation sites (tertiary alicyclic amines) is 1. The normalized spacial score (nSPS) is 17.4. The fourth-order valence-corrected chi connectivity index (χ4v) is 3.65. The van der Waals surface area contributed by atoms with E-state index in [9.17, 15) is 4.79 Å². The molecule has 1 amide bonds. The number of piperidine rings is 1. The molecule has 1 aliphatic heterocycles. The third-order valence-electron chi connectivity index (χ3n) is 4.52. The maximum absolute atomic E-state index is 12.7. The maximum Gasteiger partial charge on any atom is 0.272 e. The molecule has 1 unspecified atom stereocenters. The molecule has 1 fully saturated rings. The van der Waals surface area contributed by atoms with Crippen LogP contribution in [0.25, 0.3) is 0 Å². The molecule has 0 bridgehead atoms. The van der Waals surface area contributed by atoms with Crippen molar-refractivity contribution in [3.05, 3.63) is 46.4 Å². The standard InChI is InChI=1S/C19H23ClN4O/c1-12-5-4-6-24(10-12)19(25)16-9-17(22-11-21-16)23-18-14(3)7-13(2)8-15(18)20/h7-9,11-12H,4-6,10H2,1-3H3,(H,21,22,23). The molecule has 0 aliphatic carbocycles. The van der Waals surface area contributed by atoms with Crippen molar-refractivity contribution in [2.75, 3.05) is 18.4 Å². The van der Waals surface area contributed by atoms with Crippen molar-refractivity contribution in [3.8, 4) is 0 Å². The molecule has 132 valence electrons. The average molecular weight is 359 g/mol. The number of amides is 1. The van der Waals surface area contributed by atoms with Crippen LogP contribution in [0.5, 0.6) is 0 Å². The fraction of sp³-hybridized carbons (Fsp3) is 0.421. The van der Waals surface area contributed by atoms with E-state index in [0.29, 0.717) is 22.5 Å². The second-order valence-corrected chi connectivity index (χ2v) is 7.26. The van der Waals surface area contributed by atoms with Gasteiger partial charge in [0.1, 0.15) is 17.8 Å². The third kappa shape index (κ3) is 4.10. The molecule has 1 aromatic heterocycles. The van der Waals surface area contributed by atoms with Crippen LogP contribution < -0.4 is 5.32 Å². The van der Waals surface area contributed by atoms with Gasteiger partial charge in [0.15, 0.2) is 0 Å². The first kappa shape index (κ1) is 17.7. The van der Waals surface area contributed by atoms with Gasteiger partial charge in [-0.1, -0.05) is 24.6 Å². The molecule has 1 aliphatic rings. The molecular formula is C19H23ClN4O. The summed E-state index contributed by atoms with van der Waals surface area (Å²) in [4.78, 5) is 23.0. The zero-order chi connectivity index (χ0) is 18.0. The van der Waals surface area contributed by atoms with Gasteiger partial charge in [-0.05, 0) is 49.8 Å². The molecule has 1 aromatic carbocycles. The Balaban J connectivity index is 1.81. The van der Waals surface area contributed by atoms with E-state index in [1.165, 1.54) is 12.7 Å². The summed E-state index contributed by atoms with van der Waals surface area (Å²) in [6.45, 7) is 7.75. The van der Waals surface area contributed by atoms with Crippen LogP contribution in [0.1, 0.15) is 41.4 Å². The van der Waals surface area contributed by atoms with E-state index in [0.717, 1.165) is 36.3 Å². The van der Waals surface area contributed by atoms with Crippen LogP contribution in [0.3, 0.4) is 0 Å². The number of hydrogen-bond acceptors (Lipinski definition) is 4. The first-order chi connectivity index (χ1) is 11.9. The Morgan fingerprint density at radius 2 is 2.08 bits per heavy atom. The lowest BCUT2D eigenvalue weighted by Crippen LogP contribution is -2.39. The number of carbonyl (C=O) groups excluding carboxylic acids is 1. The lowest BCUT2D eigenvalue weighted by atomic mass is 10.00. The molecule has 0 spiro atoms. The second kappa shape index (κ2) is 7.40. The van der Waals surface area contributed by atoms with Crippen LogP contribution in [-0.2, 0) is 0 Å². The summed E-state index contributed by atoms with van der Waals surface area (Å²) in [6.07, 6.45) is 3.63. The van der Waals surface area contributed by atoms with Crippen molar-refractivity contribution >= 4 is 29.0 Å². The van der Waals surface area contributed by atoms with Crippen LogP contribution in [0, 0.1) is 19.8 Å². The Hall–Kier alpha value is -2.14. The van der Waals surface area contributed by atoms with Crippen LogP contribution in [0.4, 0.5) is 11.5 Å². The molecule has 25 heavy (non-hydrogen) atoms. The highest BCUT2D eigenvalue weighted by Crippen LogP contribution is 2.29. The molecule has 1 atom stereocenters. The summed E-state index contributed by atoms with van der Waals surface area (Å²) in [7, 11) is 0. The van der Waals surface area contributed by atoms with Gasteiger partial charge >= 0.3 is 0 Å². The average Bonchev–Trinajstić information content (AvgIpc) is 2.57. The quantitative estimate of drug-likeness (QED) is 0.885. The van der Waals surface area contributed by atoms with Crippen molar-refractivity contribution in [1.82, 2.24) is 14.9 Å². The van der Waals surface area contributed by atoms with Crippen LogP contribution in [-0.4, -0.2) is 33.9 Å². The van der Waals surface area contributed by atoms with Gasteiger partial charge in [0.2, 0.25) is 0 Å². The molecule has 1 saturated heterocycles. The summed E-state index contributed by atoms with van der Waals surface area (Å²) in [5.41, 5.74) is 3.34. The van der Waals surface area contributed by atoms with E-state index in [1.807, 2.05) is 24.8 Å². The highest BCUT2D eigenvalue weighted by molar-refractivity contribution is 6.33. The molecule has 2 aromatic rings. The molecule has 0 saturated carbocycles. The Bertz CT molecular complexity index is 770. The highest BCUT2D eigenvalue weighted by atomic mass is 35.5. The molecule has 6 heteroatoms. The minimum Gasteiger partial charge on any atom is -0.339 e. The van der Waals surface area contributed by atoms with Gasteiger partial charge in [-0.15, -0.1) is 0 Å². The van der Waals surface area contributed by atoms with Crippen molar-refractivity contribution in [1.29, 1.82) is 0 Å². The lowest BCUT2D eigenvalue weighted by Gasteiger charge is -2.30. The number of halogens is 1. The minimum atomic E-state index is -0.0382. The maximum atomic E-state index is 12.7. The Kier molecular flexibility index (Phi) is 5.23. The number of carbonyl (C=O) groups is 1. The number of benzene rings is 1. The van der Waals surface area contributed by atoms with Crippen molar-refractivity contribution in [2.45, 2.75) is 33.6 Å². The summed E-state index contributed by atoms with van der Waals surface area (Å²) in [5.74, 6) is 1.06. The van der Waals surface area contributed by atoms with Crippen molar-refractivity contribution < 1.29 is 4.79 Å². The van der Waals surface area contributed by atoms with Gasteiger partial charge in [-0.25, -0.2) is 9.97 Å². The molecule has 2 heterocycles. The first-order valence-corrected chi connectivity index (χ1v) is 8.97. The lowest BCUT2D eigenvalue weighted by molar-refractivity contribution is 0.0677. The predicted molar refractivity (Wildman–Crippen MR) is 101 cm³/mol. The number of rotatable bonds is 3. The largest absolute Gasteiger partial charge is 0.339 e. The minimum absolute atomic E-state index is 0.0382. The van der Waals surface area contributed by atoms with Gasteiger partial charge < -0.3 is 10.2 Å². The van der Waals surface area contributed by atoms with E-state index in [2.05, 4.69) is 28.3 Å². The van der Waals surface area contributed by atoms with Gasteiger partial charge in [-0.2, -0.15) is 0 Å². The van der Waals surface area contributed by atoms with E-state index < -0.39 is 0 Å². The Labute approximate surface area is 153 Å². The summed E-state index contributed by atoms with van der Waals surface area (Å²) in [5, 5.41) is 3.85. The number of anilines is 2. The van der Waals surface area contributed by atoms with Gasteiger partial charge in [0, 0.05) is 19.2 Å². The summed E-state index contributed by atoms with van der Waals surface area (Å²) in [6, 6.07) is 5.65. The van der Waals surface area contributed by atoms with E-state index >= 15 is 0 Å². The Morgan fingerprint density at radius 1 is 1.28 bits per heavy atom. The second-order valence-electron chi connectivity index (χ2n) is 6.85. The number of aryl methyl sites for hydroxylation is 2. The summed E-state index contributed by atoms with van der Waals surface area (Å²) >= 11 is 6.34. The zero-order valence-electron chi connectivity index (χ0n) is 14.8. The number of nitrogens with one attached hydrogen (secondary N) is 1. The molecule has 3 rings (SSSR count). The topological polar surface area (TPSA) is 58.1 Å². The number of hydrogen-bond donors (Lipinski definition) is 1. The molecule has 1 N–H and O–H groups in total. The highest BCUT2D eigenvalue weighted by Gasteiger charge is 2.23. The van der Waals surface area contributed by atoms with Crippen LogP contribution in [0.15, 0.2) is 24.5 Å². The van der Waals surface area contributed by atoms with Crippen molar-refractivity contribution in [3.63, 3.8) is 0 Å². The predicted octanol–water partition coefficient (Wildman–Crippen LogP) is 4.36. The van der Waals surface area contributed by atoms with Crippen LogP contribution >= 0.6 is 11.6 Å². The van der Waals surface area contributed by atoms with Gasteiger partial charge in [0.25, 0.3) is 5.91 Å². The molecular weight excluding hydrogens is 336 g/mol. The van der Waals surface area contributed by atoms with Crippen LogP contribution in [0.2, 0.25) is 5.02 Å². The zero-order valence-corrected chi connectivity index (χ0v) is 15.6. The SMILES string of the molecule is Cc1cc(C)c(Nc2cc(C(=O)N3CCCC(C)C3)ncn2)c(Cl)c1. The van der Waals surface area contributed by atoms with Gasteiger partial charge in [0.05, 0.1) is 10.7 Å². The third-order valence-corrected chi connectivity index (χ3v) is 4.81. The van der Waals surface area contributed by atoms with E-state index in [4.69, 9.17) is 11.6 Å². The van der Waals surface area contributed by atoms with Gasteiger partial charge in [-0.3, -0.25) is 4.79 Å². The van der Waals surface area contributed by atoms with E-state index in [1.54, 1.807) is 6.07 Å². The Morgan fingerprint density at radius 3 is 2.80 bits per heavy atom. The summed E-state index contributed by atoms with van der Waals surface area (Å²) < 4.78 is 0. The first-order valence-electron chi connectivity index (χ1n) is 8.59.